The molecule has 2 rings (SSSR count). The van der Waals surface area contributed by atoms with E-state index in [2.05, 4.69) is 22.9 Å². The minimum atomic E-state index is -3.44. The van der Waals surface area contributed by atoms with Crippen molar-refractivity contribution in [3.05, 3.63) is 51.3 Å². The SMILES string of the molecule is CCc1ccc(CN(C)S(=O)(=O)c2sccc2Br)cc1. The number of benzene rings is 1. The Morgan fingerprint density at radius 2 is 1.75 bits per heavy atom. The fraction of sp³-hybridized carbons (Fsp3) is 0.286. The Balaban J connectivity index is 2.19. The smallest absolute Gasteiger partial charge is 0.206 e. The summed E-state index contributed by atoms with van der Waals surface area (Å²) in [5.74, 6) is 0. The van der Waals surface area contributed by atoms with E-state index in [1.165, 1.54) is 21.2 Å². The van der Waals surface area contributed by atoms with Crippen LogP contribution in [0.3, 0.4) is 0 Å². The molecule has 3 nitrogen and oxygen atoms in total. The quantitative estimate of drug-likeness (QED) is 0.796. The number of hydrogen-bond acceptors (Lipinski definition) is 3. The molecule has 0 unspecified atom stereocenters. The van der Waals surface area contributed by atoms with Gasteiger partial charge in [0.15, 0.2) is 0 Å². The molecule has 0 N–H and O–H groups in total. The van der Waals surface area contributed by atoms with E-state index in [9.17, 15) is 8.42 Å². The van der Waals surface area contributed by atoms with Crippen LogP contribution in [-0.2, 0) is 23.0 Å². The summed E-state index contributed by atoms with van der Waals surface area (Å²) in [6.45, 7) is 2.47. The zero-order chi connectivity index (χ0) is 14.8. The summed E-state index contributed by atoms with van der Waals surface area (Å²) in [6, 6.07) is 9.79. The molecule has 2 aromatic rings. The molecule has 0 aliphatic rings. The fourth-order valence-corrected chi connectivity index (χ4v) is 5.49. The van der Waals surface area contributed by atoms with E-state index in [4.69, 9.17) is 0 Å². The molecule has 1 aromatic heterocycles. The number of aryl methyl sites for hydroxylation is 1. The van der Waals surface area contributed by atoms with Crippen LogP contribution in [0.4, 0.5) is 0 Å². The predicted molar refractivity (Wildman–Crippen MR) is 86.5 cm³/mol. The Labute approximate surface area is 132 Å². The second kappa shape index (κ2) is 6.39. The van der Waals surface area contributed by atoms with Gasteiger partial charge in [-0.25, -0.2) is 8.42 Å². The number of thiophene rings is 1. The number of nitrogens with zero attached hydrogens (tertiary/aromatic N) is 1. The highest BCUT2D eigenvalue weighted by Gasteiger charge is 2.24. The van der Waals surface area contributed by atoms with E-state index in [1.54, 1.807) is 18.5 Å². The monoisotopic (exact) mass is 373 g/mol. The van der Waals surface area contributed by atoms with Gasteiger partial charge in [-0.3, -0.25) is 0 Å². The Hall–Kier alpha value is -0.690. The lowest BCUT2D eigenvalue weighted by atomic mass is 10.1. The van der Waals surface area contributed by atoms with Crippen LogP contribution >= 0.6 is 27.3 Å². The molecule has 0 saturated heterocycles. The third-order valence-electron chi connectivity index (χ3n) is 3.07. The largest absolute Gasteiger partial charge is 0.253 e. The second-order valence-corrected chi connectivity index (χ2v) is 8.50. The first-order valence-electron chi connectivity index (χ1n) is 6.22. The Kier molecular flexibility index (Phi) is 5.01. The third kappa shape index (κ3) is 3.31. The standard InChI is InChI=1S/C14H16BrNO2S2/c1-3-11-4-6-12(7-5-11)10-16(2)20(17,18)14-13(15)8-9-19-14/h4-9H,3,10H2,1-2H3. The van der Waals surface area contributed by atoms with Crippen molar-refractivity contribution < 1.29 is 8.42 Å². The third-order valence-corrected chi connectivity index (χ3v) is 7.52. The van der Waals surface area contributed by atoms with E-state index >= 15 is 0 Å². The molecule has 0 atom stereocenters. The summed E-state index contributed by atoms with van der Waals surface area (Å²) in [5, 5.41) is 1.76. The van der Waals surface area contributed by atoms with Crippen molar-refractivity contribution >= 4 is 37.3 Å². The molecule has 1 heterocycles. The fourth-order valence-electron chi connectivity index (χ4n) is 1.83. The maximum atomic E-state index is 12.4. The van der Waals surface area contributed by atoms with E-state index < -0.39 is 10.0 Å². The summed E-state index contributed by atoms with van der Waals surface area (Å²) in [5.41, 5.74) is 2.24. The molecule has 20 heavy (non-hydrogen) atoms. The highest BCUT2D eigenvalue weighted by atomic mass is 79.9. The van der Waals surface area contributed by atoms with Crippen LogP contribution in [0, 0.1) is 0 Å². The lowest BCUT2D eigenvalue weighted by Crippen LogP contribution is -2.26. The molecule has 0 radical (unpaired) electrons. The average molecular weight is 374 g/mol. The van der Waals surface area contributed by atoms with Crippen molar-refractivity contribution in [2.75, 3.05) is 7.05 Å². The van der Waals surface area contributed by atoms with Crippen molar-refractivity contribution in [2.24, 2.45) is 0 Å². The molecule has 0 fully saturated rings. The highest BCUT2D eigenvalue weighted by molar-refractivity contribution is 9.10. The molecule has 0 spiro atoms. The van der Waals surface area contributed by atoms with E-state index in [-0.39, 0.29) is 0 Å². The van der Waals surface area contributed by atoms with Gasteiger partial charge in [0.2, 0.25) is 0 Å². The molecule has 0 aliphatic heterocycles. The van der Waals surface area contributed by atoms with Gasteiger partial charge < -0.3 is 0 Å². The van der Waals surface area contributed by atoms with Gasteiger partial charge >= 0.3 is 0 Å². The molecule has 0 amide bonds. The van der Waals surface area contributed by atoms with Crippen LogP contribution in [0.1, 0.15) is 18.1 Å². The van der Waals surface area contributed by atoms with Crippen molar-refractivity contribution in [3.8, 4) is 0 Å². The van der Waals surface area contributed by atoms with Crippen molar-refractivity contribution in [3.63, 3.8) is 0 Å². The molecule has 6 heteroatoms. The van der Waals surface area contributed by atoms with E-state index in [1.807, 2.05) is 24.3 Å². The maximum absolute atomic E-state index is 12.4. The zero-order valence-electron chi connectivity index (χ0n) is 11.3. The summed E-state index contributed by atoms with van der Waals surface area (Å²) >= 11 is 4.50. The van der Waals surface area contributed by atoms with Crippen LogP contribution < -0.4 is 0 Å². The first kappa shape index (κ1) is 15.7. The van der Waals surface area contributed by atoms with Gasteiger partial charge in [0.1, 0.15) is 4.21 Å². The first-order chi connectivity index (χ1) is 9.45. The lowest BCUT2D eigenvalue weighted by molar-refractivity contribution is 0.468. The molecule has 0 bridgehead atoms. The van der Waals surface area contributed by atoms with Gasteiger partial charge in [-0.05, 0) is 44.9 Å². The Morgan fingerprint density at radius 3 is 2.25 bits per heavy atom. The number of halogens is 1. The van der Waals surface area contributed by atoms with Gasteiger partial charge in [0, 0.05) is 18.1 Å². The van der Waals surface area contributed by atoms with Gasteiger partial charge in [0.25, 0.3) is 10.0 Å². The van der Waals surface area contributed by atoms with Crippen molar-refractivity contribution in [2.45, 2.75) is 24.1 Å². The van der Waals surface area contributed by atoms with Crippen LogP contribution in [0.2, 0.25) is 0 Å². The second-order valence-electron chi connectivity index (χ2n) is 4.49. The van der Waals surface area contributed by atoms with Crippen LogP contribution in [-0.4, -0.2) is 19.8 Å². The molecule has 108 valence electrons. The molecule has 1 aromatic carbocycles. The highest BCUT2D eigenvalue weighted by Crippen LogP contribution is 2.30. The lowest BCUT2D eigenvalue weighted by Gasteiger charge is -2.16. The average Bonchev–Trinajstić information content (AvgIpc) is 2.86. The zero-order valence-corrected chi connectivity index (χ0v) is 14.6. The molecule has 0 aliphatic carbocycles. The molecular formula is C14H16BrNO2S2. The minimum Gasteiger partial charge on any atom is -0.206 e. The van der Waals surface area contributed by atoms with Gasteiger partial charge in [-0.1, -0.05) is 31.2 Å². The topological polar surface area (TPSA) is 37.4 Å². The van der Waals surface area contributed by atoms with E-state index in [0.717, 1.165) is 12.0 Å². The number of sulfonamides is 1. The van der Waals surface area contributed by atoms with Gasteiger partial charge in [0.05, 0.1) is 0 Å². The maximum Gasteiger partial charge on any atom is 0.253 e. The summed E-state index contributed by atoms with van der Waals surface area (Å²) in [7, 11) is -1.83. The Bertz CT molecular complexity index is 677. The van der Waals surface area contributed by atoms with Gasteiger partial charge in [-0.2, -0.15) is 4.31 Å². The van der Waals surface area contributed by atoms with E-state index in [0.29, 0.717) is 15.2 Å². The van der Waals surface area contributed by atoms with Crippen LogP contribution in [0.15, 0.2) is 44.4 Å². The van der Waals surface area contributed by atoms with Crippen molar-refractivity contribution in [1.82, 2.24) is 4.31 Å². The summed E-state index contributed by atoms with van der Waals surface area (Å²) in [6.07, 6.45) is 0.983. The Morgan fingerprint density at radius 1 is 1.15 bits per heavy atom. The first-order valence-corrected chi connectivity index (χ1v) is 9.33. The minimum absolute atomic E-state index is 0.352. The van der Waals surface area contributed by atoms with Crippen LogP contribution in [0.5, 0.6) is 0 Å². The summed E-state index contributed by atoms with van der Waals surface area (Å²) in [4.78, 5) is 0. The molecular weight excluding hydrogens is 358 g/mol. The van der Waals surface area contributed by atoms with Crippen molar-refractivity contribution in [1.29, 1.82) is 0 Å². The van der Waals surface area contributed by atoms with Gasteiger partial charge in [-0.15, -0.1) is 11.3 Å². The number of hydrogen-bond donors (Lipinski definition) is 0. The summed E-state index contributed by atoms with van der Waals surface area (Å²) < 4.78 is 27.2. The van der Waals surface area contributed by atoms with Crippen LogP contribution in [0.25, 0.3) is 0 Å². The predicted octanol–water partition coefficient (Wildman–Crippen LogP) is 3.89. The number of rotatable bonds is 5. The normalized spacial score (nSPS) is 12.0. The molecule has 0 saturated carbocycles.